The molecule has 0 saturated carbocycles. The number of rotatable bonds is 2. The first kappa shape index (κ1) is 10.6. The molecular weight excluding hydrogens is 204 g/mol. The lowest BCUT2D eigenvalue weighted by Crippen LogP contribution is -2.36. The van der Waals surface area contributed by atoms with Crippen LogP contribution in [0, 0.1) is 11.3 Å². The van der Waals surface area contributed by atoms with E-state index in [2.05, 4.69) is 15.6 Å². The van der Waals surface area contributed by atoms with Crippen molar-refractivity contribution >= 4 is 5.91 Å². The van der Waals surface area contributed by atoms with Crippen LogP contribution >= 0.6 is 0 Å². The van der Waals surface area contributed by atoms with E-state index in [1.54, 1.807) is 12.1 Å². The first-order valence-corrected chi connectivity index (χ1v) is 5.17. The summed E-state index contributed by atoms with van der Waals surface area (Å²) in [6.07, 6.45) is 2.35. The Balaban J connectivity index is 2.00. The fourth-order valence-electron chi connectivity index (χ4n) is 1.63. The van der Waals surface area contributed by atoms with Gasteiger partial charge >= 0.3 is 0 Å². The highest BCUT2D eigenvalue weighted by Gasteiger charge is 2.17. The molecule has 0 radical (unpaired) electrons. The fraction of sp³-hybridized carbons (Fsp3) is 0.364. The second-order valence-electron chi connectivity index (χ2n) is 3.71. The van der Waals surface area contributed by atoms with Crippen LogP contribution in [0.25, 0.3) is 0 Å². The van der Waals surface area contributed by atoms with E-state index in [9.17, 15) is 4.79 Å². The number of carbonyl (C=O) groups is 1. The number of amides is 1. The molecule has 1 fully saturated rings. The second kappa shape index (κ2) is 4.73. The molecule has 0 aliphatic carbocycles. The summed E-state index contributed by atoms with van der Waals surface area (Å²) < 4.78 is 0. The lowest BCUT2D eigenvalue weighted by molar-refractivity contribution is 0.0935. The molecule has 1 aromatic rings. The molecule has 0 bridgehead atoms. The van der Waals surface area contributed by atoms with E-state index in [0.717, 1.165) is 19.5 Å². The Morgan fingerprint density at radius 3 is 3.06 bits per heavy atom. The van der Waals surface area contributed by atoms with Crippen molar-refractivity contribution in [3.63, 3.8) is 0 Å². The molecule has 0 unspecified atom stereocenters. The zero-order valence-corrected chi connectivity index (χ0v) is 8.73. The van der Waals surface area contributed by atoms with Crippen LogP contribution in [0.5, 0.6) is 0 Å². The van der Waals surface area contributed by atoms with Gasteiger partial charge in [-0.25, -0.2) is 4.98 Å². The van der Waals surface area contributed by atoms with Gasteiger partial charge in [0.25, 0.3) is 5.91 Å². The topological polar surface area (TPSA) is 77.8 Å². The van der Waals surface area contributed by atoms with Crippen LogP contribution in [-0.2, 0) is 0 Å². The van der Waals surface area contributed by atoms with Crippen molar-refractivity contribution in [2.75, 3.05) is 13.1 Å². The molecule has 1 aromatic heterocycles. The van der Waals surface area contributed by atoms with Crippen LogP contribution in [0.15, 0.2) is 18.3 Å². The van der Waals surface area contributed by atoms with E-state index in [4.69, 9.17) is 5.26 Å². The van der Waals surface area contributed by atoms with E-state index >= 15 is 0 Å². The van der Waals surface area contributed by atoms with Crippen LogP contribution in [0.2, 0.25) is 0 Å². The van der Waals surface area contributed by atoms with Gasteiger partial charge in [-0.05, 0) is 25.1 Å². The maximum atomic E-state index is 11.7. The number of nitrogens with zero attached hydrogens (tertiary/aromatic N) is 2. The zero-order chi connectivity index (χ0) is 11.4. The molecule has 82 valence electrons. The first-order valence-electron chi connectivity index (χ1n) is 5.17. The van der Waals surface area contributed by atoms with Crippen molar-refractivity contribution in [2.24, 2.45) is 0 Å². The highest BCUT2D eigenvalue weighted by molar-refractivity contribution is 5.92. The predicted molar refractivity (Wildman–Crippen MR) is 57.7 cm³/mol. The number of nitrogens with one attached hydrogen (secondary N) is 2. The van der Waals surface area contributed by atoms with Crippen molar-refractivity contribution in [1.82, 2.24) is 15.6 Å². The number of aromatic nitrogens is 1. The lowest BCUT2D eigenvalue weighted by Gasteiger charge is -2.10. The van der Waals surface area contributed by atoms with Crippen LogP contribution in [0.3, 0.4) is 0 Å². The average Bonchev–Trinajstić information content (AvgIpc) is 2.82. The Kier molecular flexibility index (Phi) is 3.13. The monoisotopic (exact) mass is 216 g/mol. The molecule has 16 heavy (non-hydrogen) atoms. The van der Waals surface area contributed by atoms with E-state index < -0.39 is 0 Å². The SMILES string of the molecule is N#Cc1ccc(C(=O)N[C@H]2CCNC2)nc1. The summed E-state index contributed by atoms with van der Waals surface area (Å²) in [5.41, 5.74) is 0.810. The summed E-state index contributed by atoms with van der Waals surface area (Å²) >= 11 is 0. The molecule has 2 rings (SSSR count). The maximum absolute atomic E-state index is 11.7. The quantitative estimate of drug-likeness (QED) is 0.732. The average molecular weight is 216 g/mol. The molecule has 1 amide bonds. The molecule has 1 aliphatic heterocycles. The predicted octanol–water partition coefficient (Wildman–Crippen LogP) is 0.0450. The van der Waals surface area contributed by atoms with Crippen LogP contribution in [0.1, 0.15) is 22.5 Å². The van der Waals surface area contributed by atoms with Crippen LogP contribution in [-0.4, -0.2) is 30.0 Å². The number of carbonyl (C=O) groups excluding carboxylic acids is 1. The lowest BCUT2D eigenvalue weighted by atomic mass is 10.2. The van der Waals surface area contributed by atoms with Gasteiger partial charge < -0.3 is 10.6 Å². The van der Waals surface area contributed by atoms with Gasteiger partial charge in [0, 0.05) is 18.8 Å². The largest absolute Gasteiger partial charge is 0.347 e. The first-order chi connectivity index (χ1) is 7.79. The molecule has 0 spiro atoms. The minimum Gasteiger partial charge on any atom is -0.347 e. The van der Waals surface area contributed by atoms with Gasteiger partial charge in [0.1, 0.15) is 11.8 Å². The molecule has 5 nitrogen and oxygen atoms in total. The van der Waals surface area contributed by atoms with Crippen molar-refractivity contribution in [3.8, 4) is 6.07 Å². The summed E-state index contributed by atoms with van der Waals surface area (Å²) in [5.74, 6) is -0.182. The van der Waals surface area contributed by atoms with E-state index in [-0.39, 0.29) is 11.9 Å². The number of hydrogen-bond acceptors (Lipinski definition) is 4. The Morgan fingerprint density at radius 2 is 2.50 bits per heavy atom. The van der Waals surface area contributed by atoms with Crippen molar-refractivity contribution < 1.29 is 4.79 Å². The number of hydrogen-bond donors (Lipinski definition) is 2. The van der Waals surface area contributed by atoms with Crippen LogP contribution in [0.4, 0.5) is 0 Å². The molecule has 1 saturated heterocycles. The second-order valence-corrected chi connectivity index (χ2v) is 3.71. The highest BCUT2D eigenvalue weighted by atomic mass is 16.1. The summed E-state index contributed by atoms with van der Waals surface area (Å²) in [7, 11) is 0. The Labute approximate surface area is 93.5 Å². The van der Waals surface area contributed by atoms with E-state index in [1.165, 1.54) is 6.20 Å². The van der Waals surface area contributed by atoms with Crippen LogP contribution < -0.4 is 10.6 Å². The number of pyridine rings is 1. The third-order valence-corrected chi connectivity index (χ3v) is 2.52. The van der Waals surface area contributed by atoms with Crippen molar-refractivity contribution in [3.05, 3.63) is 29.6 Å². The molecule has 0 aromatic carbocycles. The van der Waals surface area contributed by atoms with Gasteiger partial charge in [-0.15, -0.1) is 0 Å². The van der Waals surface area contributed by atoms with Gasteiger partial charge in [-0.1, -0.05) is 0 Å². The molecule has 5 heteroatoms. The van der Waals surface area contributed by atoms with E-state index in [1.807, 2.05) is 6.07 Å². The summed E-state index contributed by atoms with van der Waals surface area (Å²) in [6, 6.07) is 5.30. The summed E-state index contributed by atoms with van der Waals surface area (Å²) in [4.78, 5) is 15.7. The molecule has 1 atom stereocenters. The summed E-state index contributed by atoms with van der Waals surface area (Å²) in [6.45, 7) is 1.74. The van der Waals surface area contributed by atoms with Gasteiger partial charge in [-0.3, -0.25) is 4.79 Å². The van der Waals surface area contributed by atoms with Gasteiger partial charge in [0.05, 0.1) is 5.56 Å². The third-order valence-electron chi connectivity index (χ3n) is 2.52. The maximum Gasteiger partial charge on any atom is 0.270 e. The normalized spacial score (nSPS) is 19.1. The van der Waals surface area contributed by atoms with Gasteiger partial charge in [-0.2, -0.15) is 5.26 Å². The number of nitriles is 1. The zero-order valence-electron chi connectivity index (χ0n) is 8.73. The summed E-state index contributed by atoms with van der Waals surface area (Å²) in [5, 5.41) is 14.7. The Bertz CT molecular complexity index is 415. The molecule has 2 heterocycles. The molecule has 2 N–H and O–H groups in total. The molecular formula is C11H12N4O. The minimum atomic E-state index is -0.182. The smallest absolute Gasteiger partial charge is 0.270 e. The fourth-order valence-corrected chi connectivity index (χ4v) is 1.63. The van der Waals surface area contributed by atoms with Crippen molar-refractivity contribution in [2.45, 2.75) is 12.5 Å². The van der Waals surface area contributed by atoms with E-state index in [0.29, 0.717) is 11.3 Å². The highest BCUT2D eigenvalue weighted by Crippen LogP contribution is 2.02. The standard InChI is InChI=1S/C11H12N4O/c12-5-8-1-2-10(14-6-8)11(16)15-9-3-4-13-7-9/h1-2,6,9,13H,3-4,7H2,(H,15,16)/t9-/m0/s1. The Hall–Kier alpha value is -1.93. The van der Waals surface area contributed by atoms with Gasteiger partial charge in [0.15, 0.2) is 0 Å². The van der Waals surface area contributed by atoms with Gasteiger partial charge in [0.2, 0.25) is 0 Å². The third kappa shape index (κ3) is 2.35. The Morgan fingerprint density at radius 1 is 1.62 bits per heavy atom. The van der Waals surface area contributed by atoms with Crippen molar-refractivity contribution in [1.29, 1.82) is 5.26 Å². The molecule has 1 aliphatic rings. The minimum absolute atomic E-state index is 0.182.